The quantitative estimate of drug-likeness (QED) is 0.585. The lowest BCUT2D eigenvalue weighted by Crippen LogP contribution is -2.34. The highest BCUT2D eigenvalue weighted by Gasteiger charge is 2.12. The van der Waals surface area contributed by atoms with Gasteiger partial charge >= 0.3 is 0 Å². The van der Waals surface area contributed by atoms with Crippen LogP contribution in [-0.4, -0.2) is 42.2 Å². The number of carbonyl (C=O) groups is 2. The second-order valence-electron chi connectivity index (χ2n) is 6.53. The standard InChI is InChI=1S/C22H27ClN2O3S/c1-4-25(5-2)22(27)13-28-20-11-10-18(12-19(20)23)24-21(26)15-29-14-17-8-6-16(3)7-9-17/h6-12H,4-5,13-15H2,1-3H3,(H,24,26). The summed E-state index contributed by atoms with van der Waals surface area (Å²) in [6.45, 7) is 7.10. The Morgan fingerprint density at radius 3 is 2.41 bits per heavy atom. The fourth-order valence-electron chi connectivity index (χ4n) is 2.65. The van der Waals surface area contributed by atoms with Crippen LogP contribution in [0.25, 0.3) is 0 Å². The Balaban J connectivity index is 1.80. The molecule has 0 aromatic heterocycles. The summed E-state index contributed by atoms with van der Waals surface area (Å²) in [7, 11) is 0. The van der Waals surface area contributed by atoms with Crippen molar-refractivity contribution in [2.45, 2.75) is 26.5 Å². The number of ether oxygens (including phenoxy) is 1. The molecule has 29 heavy (non-hydrogen) atoms. The summed E-state index contributed by atoms with van der Waals surface area (Å²) < 4.78 is 5.53. The second-order valence-corrected chi connectivity index (χ2v) is 7.92. The molecule has 0 bridgehead atoms. The first-order chi connectivity index (χ1) is 13.9. The lowest BCUT2D eigenvalue weighted by molar-refractivity contribution is -0.133. The van der Waals surface area contributed by atoms with Crippen LogP contribution in [0.5, 0.6) is 5.75 Å². The number of likely N-dealkylation sites (N-methyl/N-ethyl adjacent to an activating group) is 1. The summed E-state index contributed by atoms with van der Waals surface area (Å²) in [6, 6.07) is 13.3. The molecule has 0 aliphatic rings. The number of benzene rings is 2. The minimum atomic E-state index is -0.0939. The van der Waals surface area contributed by atoms with Crippen LogP contribution in [0, 0.1) is 6.92 Å². The maximum Gasteiger partial charge on any atom is 0.260 e. The summed E-state index contributed by atoms with van der Waals surface area (Å²) in [4.78, 5) is 25.9. The number of aryl methyl sites for hydroxylation is 1. The van der Waals surface area contributed by atoms with Gasteiger partial charge in [0.2, 0.25) is 5.91 Å². The smallest absolute Gasteiger partial charge is 0.260 e. The number of anilines is 1. The molecule has 0 unspecified atom stereocenters. The van der Waals surface area contributed by atoms with E-state index in [4.69, 9.17) is 16.3 Å². The van der Waals surface area contributed by atoms with Crippen molar-refractivity contribution >= 4 is 40.9 Å². The van der Waals surface area contributed by atoms with E-state index in [2.05, 4.69) is 36.5 Å². The van der Waals surface area contributed by atoms with Gasteiger partial charge < -0.3 is 15.0 Å². The molecule has 0 aliphatic heterocycles. The Bertz CT molecular complexity index is 823. The zero-order chi connectivity index (χ0) is 21.2. The molecular weight excluding hydrogens is 408 g/mol. The highest BCUT2D eigenvalue weighted by atomic mass is 35.5. The van der Waals surface area contributed by atoms with E-state index in [9.17, 15) is 9.59 Å². The van der Waals surface area contributed by atoms with Gasteiger partial charge in [-0.05, 0) is 44.5 Å². The van der Waals surface area contributed by atoms with Crippen LogP contribution >= 0.6 is 23.4 Å². The fraction of sp³-hybridized carbons (Fsp3) is 0.364. The van der Waals surface area contributed by atoms with Gasteiger partial charge in [0, 0.05) is 24.5 Å². The third-order valence-corrected chi connectivity index (χ3v) is 5.60. The van der Waals surface area contributed by atoms with Gasteiger partial charge in [0.1, 0.15) is 5.75 Å². The monoisotopic (exact) mass is 434 g/mol. The Morgan fingerprint density at radius 1 is 1.10 bits per heavy atom. The van der Waals surface area contributed by atoms with Crippen molar-refractivity contribution in [1.82, 2.24) is 4.90 Å². The van der Waals surface area contributed by atoms with E-state index >= 15 is 0 Å². The minimum Gasteiger partial charge on any atom is -0.482 e. The van der Waals surface area contributed by atoms with Crippen molar-refractivity contribution in [3.8, 4) is 5.75 Å². The fourth-order valence-corrected chi connectivity index (χ4v) is 3.67. The third kappa shape index (κ3) is 7.63. The number of rotatable bonds is 10. The topological polar surface area (TPSA) is 58.6 Å². The zero-order valence-corrected chi connectivity index (χ0v) is 18.6. The van der Waals surface area contributed by atoms with Gasteiger partial charge in [-0.1, -0.05) is 41.4 Å². The number of nitrogens with zero attached hydrogens (tertiary/aromatic N) is 1. The van der Waals surface area contributed by atoms with Crippen molar-refractivity contribution in [3.05, 3.63) is 58.6 Å². The normalized spacial score (nSPS) is 10.5. The predicted molar refractivity (Wildman–Crippen MR) is 121 cm³/mol. The van der Waals surface area contributed by atoms with Gasteiger partial charge in [-0.2, -0.15) is 0 Å². The highest BCUT2D eigenvalue weighted by molar-refractivity contribution is 7.99. The lowest BCUT2D eigenvalue weighted by Gasteiger charge is -2.19. The van der Waals surface area contributed by atoms with E-state index in [-0.39, 0.29) is 18.4 Å². The third-order valence-electron chi connectivity index (χ3n) is 4.31. The van der Waals surface area contributed by atoms with Gasteiger partial charge in [0.15, 0.2) is 6.61 Å². The van der Waals surface area contributed by atoms with Crippen molar-refractivity contribution in [1.29, 1.82) is 0 Å². The Kier molecular flexibility index (Phi) is 9.35. The van der Waals surface area contributed by atoms with Crippen molar-refractivity contribution in [3.63, 3.8) is 0 Å². The summed E-state index contributed by atoms with van der Waals surface area (Å²) in [5.74, 6) is 1.36. The SMILES string of the molecule is CCN(CC)C(=O)COc1ccc(NC(=O)CSCc2ccc(C)cc2)cc1Cl. The molecule has 1 N–H and O–H groups in total. The van der Waals surface area contributed by atoms with Crippen molar-refractivity contribution < 1.29 is 14.3 Å². The first-order valence-electron chi connectivity index (χ1n) is 9.56. The molecule has 0 radical (unpaired) electrons. The van der Waals surface area contributed by atoms with Gasteiger partial charge in [-0.15, -0.1) is 11.8 Å². The van der Waals surface area contributed by atoms with E-state index < -0.39 is 0 Å². The number of carbonyl (C=O) groups excluding carboxylic acids is 2. The molecule has 0 fully saturated rings. The van der Waals surface area contributed by atoms with Gasteiger partial charge in [0.05, 0.1) is 10.8 Å². The molecule has 2 rings (SSSR count). The van der Waals surface area contributed by atoms with Crippen LogP contribution in [0.4, 0.5) is 5.69 Å². The molecule has 0 heterocycles. The minimum absolute atomic E-state index is 0.0667. The maximum absolute atomic E-state index is 12.2. The van der Waals surface area contributed by atoms with Gasteiger partial charge in [-0.25, -0.2) is 0 Å². The average molecular weight is 435 g/mol. The van der Waals surface area contributed by atoms with Crippen molar-refractivity contribution in [2.75, 3.05) is 30.8 Å². The van der Waals surface area contributed by atoms with Crippen LogP contribution < -0.4 is 10.1 Å². The van der Waals surface area contributed by atoms with E-state index in [0.717, 1.165) is 5.75 Å². The van der Waals surface area contributed by atoms with Crippen LogP contribution in [0.15, 0.2) is 42.5 Å². The van der Waals surface area contributed by atoms with Crippen LogP contribution in [0.3, 0.4) is 0 Å². The largest absolute Gasteiger partial charge is 0.482 e. The van der Waals surface area contributed by atoms with Crippen LogP contribution in [0.1, 0.15) is 25.0 Å². The molecule has 5 nitrogen and oxygen atoms in total. The molecule has 2 aromatic rings. The Labute approximate surface area is 181 Å². The van der Waals surface area contributed by atoms with Crippen LogP contribution in [-0.2, 0) is 15.3 Å². The highest BCUT2D eigenvalue weighted by Crippen LogP contribution is 2.28. The number of thioether (sulfide) groups is 1. The molecule has 0 atom stereocenters. The number of amides is 2. The number of halogens is 1. The summed E-state index contributed by atoms with van der Waals surface area (Å²) in [5.41, 5.74) is 3.01. The number of hydrogen-bond acceptors (Lipinski definition) is 4. The second kappa shape index (κ2) is 11.7. The van der Waals surface area contributed by atoms with E-state index in [0.29, 0.717) is 35.3 Å². The number of nitrogens with one attached hydrogen (secondary N) is 1. The molecule has 2 aromatic carbocycles. The molecule has 156 valence electrons. The summed E-state index contributed by atoms with van der Waals surface area (Å²) in [6.07, 6.45) is 0. The number of hydrogen-bond donors (Lipinski definition) is 1. The van der Waals surface area contributed by atoms with Crippen molar-refractivity contribution in [2.24, 2.45) is 0 Å². The first-order valence-corrected chi connectivity index (χ1v) is 11.1. The van der Waals surface area contributed by atoms with E-state index in [1.54, 1.807) is 34.9 Å². The van der Waals surface area contributed by atoms with E-state index in [1.165, 1.54) is 11.1 Å². The molecule has 0 saturated heterocycles. The first kappa shape index (κ1) is 23.1. The molecule has 0 spiro atoms. The molecule has 7 heteroatoms. The summed E-state index contributed by atoms with van der Waals surface area (Å²) >= 11 is 7.79. The maximum atomic E-state index is 12.2. The molecule has 0 saturated carbocycles. The van der Waals surface area contributed by atoms with E-state index in [1.807, 2.05) is 13.8 Å². The van der Waals surface area contributed by atoms with Gasteiger partial charge in [0.25, 0.3) is 5.91 Å². The Hall–Kier alpha value is -2.18. The average Bonchev–Trinajstić information content (AvgIpc) is 2.70. The predicted octanol–water partition coefficient (Wildman–Crippen LogP) is 4.77. The lowest BCUT2D eigenvalue weighted by atomic mass is 10.2. The zero-order valence-electron chi connectivity index (χ0n) is 17.0. The Morgan fingerprint density at radius 2 is 1.79 bits per heavy atom. The summed E-state index contributed by atoms with van der Waals surface area (Å²) in [5, 5.41) is 3.18. The van der Waals surface area contributed by atoms with Gasteiger partial charge in [-0.3, -0.25) is 9.59 Å². The van der Waals surface area contributed by atoms with Crippen LogP contribution in [0.2, 0.25) is 5.02 Å². The molecular formula is C22H27ClN2O3S. The molecule has 0 aliphatic carbocycles. The molecule has 2 amide bonds.